The van der Waals surface area contributed by atoms with Crippen molar-refractivity contribution in [1.29, 1.82) is 0 Å². The molecule has 2 amide bonds. The van der Waals surface area contributed by atoms with Crippen molar-refractivity contribution in [3.63, 3.8) is 0 Å². The summed E-state index contributed by atoms with van der Waals surface area (Å²) < 4.78 is 39.3. The Balaban J connectivity index is 1.63. The quantitative estimate of drug-likeness (QED) is 0.699. The molecule has 1 heterocycles. The number of nitrogens with one attached hydrogen (secondary N) is 2. The fourth-order valence-corrected chi connectivity index (χ4v) is 3.91. The molecule has 0 bridgehead atoms. The van der Waals surface area contributed by atoms with Gasteiger partial charge in [0.05, 0.1) is 11.3 Å². The van der Waals surface area contributed by atoms with Crippen LogP contribution in [-0.2, 0) is 15.8 Å². The molecule has 2 aliphatic rings. The van der Waals surface area contributed by atoms with Gasteiger partial charge >= 0.3 is 6.18 Å². The van der Waals surface area contributed by atoms with Gasteiger partial charge in [-0.25, -0.2) is 0 Å². The summed E-state index contributed by atoms with van der Waals surface area (Å²) in [6.45, 7) is 0. The van der Waals surface area contributed by atoms with Crippen LogP contribution in [-0.4, -0.2) is 27.9 Å². The number of benzene rings is 1. The SMILES string of the molecule is O=C(CC1S/C(=N/N=C2CCCC2)NC1=O)Nc1ccc(Cl)cc1C(F)(F)F. The Morgan fingerprint density at radius 3 is 2.68 bits per heavy atom. The molecular weight excluding hydrogens is 417 g/mol. The van der Waals surface area contributed by atoms with E-state index in [1.54, 1.807) is 0 Å². The van der Waals surface area contributed by atoms with Gasteiger partial charge in [-0.05, 0) is 43.9 Å². The topological polar surface area (TPSA) is 82.9 Å². The van der Waals surface area contributed by atoms with Crippen molar-refractivity contribution in [1.82, 2.24) is 5.32 Å². The number of amidine groups is 1. The van der Waals surface area contributed by atoms with E-state index in [-0.39, 0.29) is 16.6 Å². The van der Waals surface area contributed by atoms with E-state index in [1.807, 2.05) is 0 Å². The first kappa shape index (κ1) is 20.7. The van der Waals surface area contributed by atoms with Crippen molar-refractivity contribution in [3.8, 4) is 0 Å². The van der Waals surface area contributed by atoms with Crippen molar-refractivity contribution in [2.45, 2.75) is 43.5 Å². The highest BCUT2D eigenvalue weighted by atomic mass is 35.5. The van der Waals surface area contributed by atoms with Crippen molar-refractivity contribution in [2.24, 2.45) is 10.2 Å². The molecule has 1 saturated carbocycles. The summed E-state index contributed by atoms with van der Waals surface area (Å²) in [6.07, 6.45) is -1.08. The molecule has 3 rings (SSSR count). The molecular formula is C17H16ClF3N4O2S. The fraction of sp³-hybridized carbons (Fsp3) is 0.412. The summed E-state index contributed by atoms with van der Waals surface area (Å²) in [4.78, 5) is 24.2. The Bertz CT molecular complexity index is 849. The molecule has 0 spiro atoms. The zero-order valence-corrected chi connectivity index (χ0v) is 16.0. The Morgan fingerprint density at radius 1 is 1.29 bits per heavy atom. The lowest BCUT2D eigenvalue weighted by molar-refractivity contribution is -0.137. The number of amides is 2. The van der Waals surface area contributed by atoms with Crippen LogP contribution in [0.15, 0.2) is 28.4 Å². The second-order valence-electron chi connectivity index (χ2n) is 6.31. The van der Waals surface area contributed by atoms with Gasteiger partial charge in [-0.1, -0.05) is 23.4 Å². The minimum Gasteiger partial charge on any atom is -0.325 e. The molecule has 1 aromatic rings. The first-order valence-corrected chi connectivity index (χ1v) is 9.75. The third-order valence-corrected chi connectivity index (χ3v) is 5.48. The van der Waals surface area contributed by atoms with Gasteiger partial charge in [0, 0.05) is 17.2 Å². The highest BCUT2D eigenvalue weighted by molar-refractivity contribution is 8.15. The number of alkyl halides is 3. The van der Waals surface area contributed by atoms with E-state index in [4.69, 9.17) is 11.6 Å². The van der Waals surface area contributed by atoms with E-state index in [2.05, 4.69) is 20.8 Å². The lowest BCUT2D eigenvalue weighted by atomic mass is 10.1. The van der Waals surface area contributed by atoms with Crippen LogP contribution < -0.4 is 10.6 Å². The normalized spacial score (nSPS) is 21.1. The number of hydrogen-bond acceptors (Lipinski definition) is 5. The maximum atomic E-state index is 13.1. The average Bonchev–Trinajstić information content (AvgIpc) is 3.24. The molecule has 1 aromatic carbocycles. The van der Waals surface area contributed by atoms with E-state index >= 15 is 0 Å². The summed E-state index contributed by atoms with van der Waals surface area (Å²) >= 11 is 6.65. The second kappa shape index (κ2) is 8.52. The van der Waals surface area contributed by atoms with Crippen molar-refractivity contribution in [2.75, 3.05) is 5.32 Å². The molecule has 1 atom stereocenters. The van der Waals surface area contributed by atoms with Crippen LogP contribution in [0.2, 0.25) is 5.02 Å². The maximum Gasteiger partial charge on any atom is 0.418 e. The van der Waals surface area contributed by atoms with Crippen molar-refractivity contribution < 1.29 is 22.8 Å². The van der Waals surface area contributed by atoms with Crippen LogP contribution in [0.1, 0.15) is 37.7 Å². The molecule has 1 aliphatic carbocycles. The number of rotatable bonds is 4. The summed E-state index contributed by atoms with van der Waals surface area (Å²) in [5, 5.41) is 12.2. The lowest BCUT2D eigenvalue weighted by Gasteiger charge is -2.14. The molecule has 11 heteroatoms. The van der Waals surface area contributed by atoms with Gasteiger partial charge in [0.1, 0.15) is 5.25 Å². The number of halogens is 4. The first-order valence-electron chi connectivity index (χ1n) is 8.50. The van der Waals surface area contributed by atoms with Crippen LogP contribution in [0.25, 0.3) is 0 Å². The molecule has 150 valence electrons. The van der Waals surface area contributed by atoms with E-state index in [0.717, 1.165) is 55.3 Å². The molecule has 28 heavy (non-hydrogen) atoms. The Morgan fingerprint density at radius 2 is 2.00 bits per heavy atom. The smallest absolute Gasteiger partial charge is 0.325 e. The van der Waals surface area contributed by atoms with Gasteiger partial charge in [0.15, 0.2) is 5.17 Å². The largest absolute Gasteiger partial charge is 0.418 e. The zero-order chi connectivity index (χ0) is 20.3. The highest BCUT2D eigenvalue weighted by Gasteiger charge is 2.36. The molecule has 1 unspecified atom stereocenters. The van der Waals surface area contributed by atoms with Crippen LogP contribution in [0.4, 0.5) is 18.9 Å². The highest BCUT2D eigenvalue weighted by Crippen LogP contribution is 2.36. The van der Waals surface area contributed by atoms with E-state index in [0.29, 0.717) is 0 Å². The number of carbonyl (C=O) groups is 2. The van der Waals surface area contributed by atoms with Gasteiger partial charge in [0.25, 0.3) is 0 Å². The molecule has 6 nitrogen and oxygen atoms in total. The standard InChI is InChI=1S/C17H16ClF3N4O2S/c18-9-5-6-12(11(7-9)17(19,20)21)22-14(26)8-13-15(27)23-16(28-13)25-24-10-3-1-2-4-10/h5-7,13H,1-4,8H2,(H,22,26)(H,23,25,27). The number of nitrogens with zero attached hydrogens (tertiary/aromatic N) is 2. The van der Waals surface area contributed by atoms with Gasteiger partial charge in [-0.3, -0.25) is 9.59 Å². The molecule has 0 radical (unpaired) electrons. The first-order chi connectivity index (χ1) is 13.2. The Kier molecular flexibility index (Phi) is 6.29. The monoisotopic (exact) mass is 432 g/mol. The Hall–Kier alpha value is -2.07. The summed E-state index contributed by atoms with van der Waals surface area (Å²) in [7, 11) is 0. The van der Waals surface area contributed by atoms with E-state index < -0.39 is 34.5 Å². The minimum absolute atomic E-state index is 0.0965. The van der Waals surface area contributed by atoms with Crippen LogP contribution in [0, 0.1) is 0 Å². The van der Waals surface area contributed by atoms with Crippen molar-refractivity contribution in [3.05, 3.63) is 28.8 Å². The number of anilines is 1. The minimum atomic E-state index is -4.67. The lowest BCUT2D eigenvalue weighted by Crippen LogP contribution is -2.28. The summed E-state index contributed by atoms with van der Waals surface area (Å²) in [6, 6.07) is 3.06. The number of hydrogen-bond donors (Lipinski definition) is 2. The maximum absolute atomic E-state index is 13.1. The van der Waals surface area contributed by atoms with Crippen LogP contribution in [0.3, 0.4) is 0 Å². The van der Waals surface area contributed by atoms with Crippen LogP contribution >= 0.6 is 23.4 Å². The van der Waals surface area contributed by atoms with Gasteiger partial charge < -0.3 is 10.6 Å². The van der Waals surface area contributed by atoms with Gasteiger partial charge in [-0.15, -0.1) is 5.10 Å². The molecule has 0 aromatic heterocycles. The molecule has 2 fully saturated rings. The fourth-order valence-electron chi connectivity index (χ4n) is 2.82. The predicted molar refractivity (Wildman–Crippen MR) is 103 cm³/mol. The summed E-state index contributed by atoms with van der Waals surface area (Å²) in [5.74, 6) is -1.15. The zero-order valence-electron chi connectivity index (χ0n) is 14.5. The van der Waals surface area contributed by atoms with Gasteiger partial charge in [0.2, 0.25) is 11.8 Å². The van der Waals surface area contributed by atoms with E-state index in [9.17, 15) is 22.8 Å². The Labute approximate surface area is 168 Å². The number of carbonyl (C=O) groups excluding carboxylic acids is 2. The molecule has 2 N–H and O–H groups in total. The average molecular weight is 433 g/mol. The third-order valence-electron chi connectivity index (χ3n) is 4.17. The second-order valence-corrected chi connectivity index (χ2v) is 7.94. The summed E-state index contributed by atoms with van der Waals surface area (Å²) in [5.41, 5.74) is -0.496. The molecule has 1 aliphatic heterocycles. The van der Waals surface area contributed by atoms with Crippen LogP contribution in [0.5, 0.6) is 0 Å². The van der Waals surface area contributed by atoms with E-state index in [1.165, 1.54) is 6.07 Å². The predicted octanol–water partition coefficient (Wildman–Crippen LogP) is 4.21. The molecule has 1 saturated heterocycles. The third kappa shape index (κ3) is 5.26. The van der Waals surface area contributed by atoms with Gasteiger partial charge in [-0.2, -0.15) is 18.3 Å². The van der Waals surface area contributed by atoms with Crippen molar-refractivity contribution >= 4 is 51.7 Å². The number of thioether (sulfide) groups is 1.